The molecule has 16 heavy (non-hydrogen) atoms. The van der Waals surface area contributed by atoms with E-state index in [2.05, 4.69) is 22.4 Å². The Morgan fingerprint density at radius 3 is 3.00 bits per heavy atom. The van der Waals surface area contributed by atoms with Crippen LogP contribution in [0.3, 0.4) is 0 Å². The molecule has 5 heteroatoms. The highest BCUT2D eigenvalue weighted by atomic mass is 15.3. The predicted octanol–water partition coefficient (Wildman–Crippen LogP) is 0.863. The second kappa shape index (κ2) is 5.41. The maximum Gasteiger partial charge on any atom is 0.138 e. The fourth-order valence-electron chi connectivity index (χ4n) is 2.25. The second-order valence-electron chi connectivity index (χ2n) is 4.57. The lowest BCUT2D eigenvalue weighted by atomic mass is 9.79. The monoisotopic (exact) mass is 223 g/mol. The van der Waals surface area contributed by atoms with Crippen molar-refractivity contribution in [1.82, 2.24) is 20.2 Å². The number of rotatable bonds is 6. The topological polar surface area (TPSA) is 68.8 Å². The van der Waals surface area contributed by atoms with E-state index in [1.54, 1.807) is 6.33 Å². The average molecular weight is 223 g/mol. The number of hydrogen-bond acceptors (Lipinski definition) is 4. The van der Waals surface area contributed by atoms with E-state index in [9.17, 15) is 0 Å². The van der Waals surface area contributed by atoms with Crippen molar-refractivity contribution in [2.24, 2.45) is 11.8 Å². The molecular formula is C11H21N5. The van der Waals surface area contributed by atoms with E-state index >= 15 is 0 Å². The van der Waals surface area contributed by atoms with Gasteiger partial charge in [0.25, 0.3) is 0 Å². The number of nitrogens with one attached hydrogen (secondary N) is 1. The van der Waals surface area contributed by atoms with Gasteiger partial charge in [0.15, 0.2) is 0 Å². The van der Waals surface area contributed by atoms with Crippen LogP contribution in [-0.2, 0) is 13.0 Å². The summed E-state index contributed by atoms with van der Waals surface area (Å²) in [5.74, 6) is 7.39. The van der Waals surface area contributed by atoms with E-state index in [-0.39, 0.29) is 0 Å². The maximum absolute atomic E-state index is 5.62. The Hall–Kier alpha value is -0.940. The first-order valence-electron chi connectivity index (χ1n) is 6.18. The standard InChI is InChI=1S/C11H21N5/c1-2-6-16-11(13-8-14-16)7-10(15-12)9-4-3-5-9/h8-10,15H,2-7,12H2,1H3. The van der Waals surface area contributed by atoms with Gasteiger partial charge >= 0.3 is 0 Å². The van der Waals surface area contributed by atoms with E-state index in [1.807, 2.05) is 4.68 Å². The molecule has 0 radical (unpaired) electrons. The highest BCUT2D eigenvalue weighted by Crippen LogP contribution is 2.30. The van der Waals surface area contributed by atoms with Crippen molar-refractivity contribution >= 4 is 0 Å². The first-order valence-corrected chi connectivity index (χ1v) is 6.18. The van der Waals surface area contributed by atoms with Crippen molar-refractivity contribution in [3.63, 3.8) is 0 Å². The van der Waals surface area contributed by atoms with E-state index < -0.39 is 0 Å². The molecule has 0 aliphatic heterocycles. The zero-order valence-electron chi connectivity index (χ0n) is 9.89. The molecule has 1 unspecified atom stereocenters. The molecule has 0 saturated heterocycles. The van der Waals surface area contributed by atoms with Gasteiger partial charge in [0, 0.05) is 19.0 Å². The smallest absolute Gasteiger partial charge is 0.138 e. The molecule has 90 valence electrons. The Labute approximate surface area is 96.4 Å². The van der Waals surface area contributed by atoms with Crippen molar-refractivity contribution in [2.75, 3.05) is 0 Å². The third-order valence-electron chi connectivity index (χ3n) is 3.47. The Balaban J connectivity index is 1.97. The van der Waals surface area contributed by atoms with Crippen LogP contribution < -0.4 is 11.3 Å². The number of hydrogen-bond donors (Lipinski definition) is 2. The first kappa shape index (κ1) is 11.5. The van der Waals surface area contributed by atoms with E-state index in [1.165, 1.54) is 19.3 Å². The largest absolute Gasteiger partial charge is 0.271 e. The fourth-order valence-corrected chi connectivity index (χ4v) is 2.25. The summed E-state index contributed by atoms with van der Waals surface area (Å²) >= 11 is 0. The zero-order chi connectivity index (χ0) is 11.4. The third-order valence-corrected chi connectivity index (χ3v) is 3.47. The van der Waals surface area contributed by atoms with Crippen molar-refractivity contribution in [2.45, 2.75) is 51.6 Å². The highest BCUT2D eigenvalue weighted by molar-refractivity contribution is 4.93. The van der Waals surface area contributed by atoms with Crippen LogP contribution >= 0.6 is 0 Å². The van der Waals surface area contributed by atoms with Gasteiger partial charge < -0.3 is 0 Å². The Morgan fingerprint density at radius 1 is 1.62 bits per heavy atom. The van der Waals surface area contributed by atoms with Gasteiger partial charge in [0.2, 0.25) is 0 Å². The Morgan fingerprint density at radius 2 is 2.44 bits per heavy atom. The van der Waals surface area contributed by atoms with Gasteiger partial charge in [-0.15, -0.1) is 0 Å². The molecule has 1 aromatic heterocycles. The van der Waals surface area contributed by atoms with Crippen LogP contribution in [0.2, 0.25) is 0 Å². The lowest BCUT2D eigenvalue weighted by molar-refractivity contribution is 0.225. The molecule has 0 bridgehead atoms. The molecule has 1 aliphatic rings. The lowest BCUT2D eigenvalue weighted by Crippen LogP contribution is -2.45. The van der Waals surface area contributed by atoms with E-state index in [0.717, 1.165) is 31.1 Å². The molecule has 5 nitrogen and oxygen atoms in total. The van der Waals surface area contributed by atoms with Crippen LogP contribution in [0.1, 0.15) is 38.4 Å². The molecule has 0 aromatic carbocycles. The Bertz CT molecular complexity index is 318. The second-order valence-corrected chi connectivity index (χ2v) is 4.57. The average Bonchev–Trinajstić information content (AvgIpc) is 2.63. The predicted molar refractivity (Wildman–Crippen MR) is 62.5 cm³/mol. The van der Waals surface area contributed by atoms with Gasteiger partial charge in [0.05, 0.1) is 0 Å². The molecule has 1 aromatic rings. The van der Waals surface area contributed by atoms with Crippen LogP contribution in [0.15, 0.2) is 6.33 Å². The molecule has 1 aliphatic carbocycles. The summed E-state index contributed by atoms with van der Waals surface area (Å²) < 4.78 is 1.99. The van der Waals surface area contributed by atoms with Gasteiger partial charge in [-0.1, -0.05) is 13.3 Å². The zero-order valence-corrected chi connectivity index (χ0v) is 9.89. The third kappa shape index (κ3) is 2.41. The quantitative estimate of drug-likeness (QED) is 0.554. The summed E-state index contributed by atoms with van der Waals surface area (Å²) in [6.45, 7) is 3.09. The minimum atomic E-state index is 0.355. The summed E-state index contributed by atoms with van der Waals surface area (Å²) in [6.07, 6.45) is 7.53. The van der Waals surface area contributed by atoms with Crippen LogP contribution in [0.25, 0.3) is 0 Å². The fraction of sp³-hybridized carbons (Fsp3) is 0.818. The molecule has 2 rings (SSSR count). The summed E-state index contributed by atoms with van der Waals surface area (Å²) in [5, 5.41) is 4.23. The number of aryl methyl sites for hydroxylation is 1. The van der Waals surface area contributed by atoms with Crippen molar-refractivity contribution in [1.29, 1.82) is 0 Å². The molecule has 0 amide bonds. The van der Waals surface area contributed by atoms with E-state index in [0.29, 0.717) is 6.04 Å². The first-order chi connectivity index (χ1) is 7.85. The molecular weight excluding hydrogens is 202 g/mol. The summed E-state index contributed by atoms with van der Waals surface area (Å²) in [6, 6.07) is 0.355. The summed E-state index contributed by atoms with van der Waals surface area (Å²) in [7, 11) is 0. The Kier molecular flexibility index (Phi) is 3.90. The van der Waals surface area contributed by atoms with Gasteiger partial charge in [-0.25, -0.2) is 4.98 Å². The molecule has 1 saturated carbocycles. The molecule has 1 heterocycles. The SMILES string of the molecule is CCCn1ncnc1CC(NN)C1CCC1. The number of hydrazine groups is 1. The van der Waals surface area contributed by atoms with Crippen LogP contribution in [-0.4, -0.2) is 20.8 Å². The van der Waals surface area contributed by atoms with E-state index in [4.69, 9.17) is 5.84 Å². The molecule has 3 N–H and O–H groups in total. The molecule has 0 spiro atoms. The summed E-state index contributed by atoms with van der Waals surface area (Å²) in [4.78, 5) is 4.32. The van der Waals surface area contributed by atoms with Gasteiger partial charge in [0.1, 0.15) is 12.2 Å². The minimum absolute atomic E-state index is 0.355. The number of nitrogens with two attached hydrogens (primary N) is 1. The minimum Gasteiger partial charge on any atom is -0.271 e. The van der Waals surface area contributed by atoms with Crippen LogP contribution in [0, 0.1) is 5.92 Å². The normalized spacial score (nSPS) is 18.4. The van der Waals surface area contributed by atoms with Crippen molar-refractivity contribution < 1.29 is 0 Å². The summed E-state index contributed by atoms with van der Waals surface area (Å²) in [5.41, 5.74) is 2.93. The van der Waals surface area contributed by atoms with Gasteiger partial charge in [-0.05, 0) is 25.2 Å². The maximum atomic E-state index is 5.62. The van der Waals surface area contributed by atoms with Gasteiger partial charge in [-0.3, -0.25) is 16.0 Å². The molecule has 1 atom stereocenters. The van der Waals surface area contributed by atoms with Crippen molar-refractivity contribution in [3.05, 3.63) is 12.2 Å². The highest BCUT2D eigenvalue weighted by Gasteiger charge is 2.27. The lowest BCUT2D eigenvalue weighted by Gasteiger charge is -2.33. The van der Waals surface area contributed by atoms with Crippen molar-refractivity contribution in [3.8, 4) is 0 Å². The van der Waals surface area contributed by atoms with Crippen LogP contribution in [0.5, 0.6) is 0 Å². The van der Waals surface area contributed by atoms with Crippen LogP contribution in [0.4, 0.5) is 0 Å². The number of aromatic nitrogens is 3. The van der Waals surface area contributed by atoms with Gasteiger partial charge in [-0.2, -0.15) is 5.10 Å². The molecule has 1 fully saturated rings. The number of nitrogens with zero attached hydrogens (tertiary/aromatic N) is 3.